The molecule has 1 unspecified atom stereocenters. The normalized spacial score (nSPS) is 18.2. The van der Waals surface area contributed by atoms with Crippen LogP contribution >= 0.6 is 0 Å². The summed E-state index contributed by atoms with van der Waals surface area (Å²) in [4.78, 5) is 36.6. The van der Waals surface area contributed by atoms with Gasteiger partial charge in [-0.25, -0.2) is 9.37 Å². The van der Waals surface area contributed by atoms with Crippen molar-refractivity contribution in [1.82, 2.24) is 14.8 Å². The lowest BCUT2D eigenvalue weighted by Crippen LogP contribution is -2.49. The number of halogens is 4. The van der Waals surface area contributed by atoms with Crippen LogP contribution in [0.5, 0.6) is 0 Å². The number of nitriles is 1. The second kappa shape index (κ2) is 12.8. The zero-order valence-corrected chi connectivity index (χ0v) is 23.5. The predicted molar refractivity (Wildman–Crippen MR) is 151 cm³/mol. The number of carbonyl (C=O) groups excluding carboxylic acids is 2. The van der Waals surface area contributed by atoms with Crippen molar-refractivity contribution in [2.45, 2.75) is 32.0 Å². The van der Waals surface area contributed by atoms with Gasteiger partial charge in [-0.3, -0.25) is 14.5 Å². The number of alkyl halides is 3. The Bertz CT molecular complexity index is 1380. The smallest absolute Gasteiger partial charge is 0.367 e. The van der Waals surface area contributed by atoms with E-state index in [4.69, 9.17) is 0 Å². The summed E-state index contributed by atoms with van der Waals surface area (Å²) in [6.07, 6.45) is -2.68. The second-order valence-corrected chi connectivity index (χ2v) is 10.3. The number of aryl methyl sites for hydroxylation is 1. The lowest BCUT2D eigenvalue weighted by atomic mass is 10.0. The molecule has 13 heteroatoms. The molecule has 1 N–H and O–H groups in total. The van der Waals surface area contributed by atoms with E-state index in [1.165, 1.54) is 37.1 Å². The van der Waals surface area contributed by atoms with Crippen molar-refractivity contribution < 1.29 is 27.2 Å². The highest BCUT2D eigenvalue weighted by Gasteiger charge is 2.37. The zero-order chi connectivity index (χ0) is 30.6. The van der Waals surface area contributed by atoms with E-state index < -0.39 is 35.1 Å². The molecule has 9 nitrogen and oxygen atoms in total. The molecule has 1 fully saturated rings. The average molecular weight is 588 g/mol. The van der Waals surface area contributed by atoms with Crippen LogP contribution in [0.1, 0.15) is 29.7 Å². The second-order valence-electron chi connectivity index (χ2n) is 10.3. The third kappa shape index (κ3) is 6.65. The molecular formula is C29H33F4N7O2. The first-order chi connectivity index (χ1) is 19.9. The minimum absolute atomic E-state index is 0.0409. The van der Waals surface area contributed by atoms with Crippen LogP contribution in [0.3, 0.4) is 0 Å². The third-order valence-electron chi connectivity index (χ3n) is 7.60. The fraction of sp³-hybridized carbons (Fsp3) is 0.448. The molecule has 0 radical (unpaired) electrons. The molecule has 0 saturated carbocycles. The van der Waals surface area contributed by atoms with Crippen LogP contribution in [0.4, 0.5) is 34.8 Å². The summed E-state index contributed by atoms with van der Waals surface area (Å²) in [5.74, 6) is -1.40. The minimum Gasteiger partial charge on any atom is -0.367 e. The molecule has 0 bridgehead atoms. The topological polar surface area (TPSA) is 95.8 Å². The van der Waals surface area contributed by atoms with Crippen molar-refractivity contribution in [1.29, 1.82) is 5.26 Å². The monoisotopic (exact) mass is 587 g/mol. The van der Waals surface area contributed by atoms with Crippen molar-refractivity contribution in [3.05, 3.63) is 59.6 Å². The van der Waals surface area contributed by atoms with Crippen molar-refractivity contribution in [3.63, 3.8) is 0 Å². The number of rotatable bonds is 7. The van der Waals surface area contributed by atoms with Gasteiger partial charge in [-0.1, -0.05) is 12.6 Å². The summed E-state index contributed by atoms with van der Waals surface area (Å²) in [6.45, 7) is 8.92. The van der Waals surface area contributed by atoms with E-state index in [0.29, 0.717) is 51.4 Å². The summed E-state index contributed by atoms with van der Waals surface area (Å²) >= 11 is 0. The number of nitrogens with one attached hydrogen (secondary N) is 1. The lowest BCUT2D eigenvalue weighted by Gasteiger charge is -2.37. The highest BCUT2D eigenvalue weighted by molar-refractivity contribution is 6.01. The first kappa shape index (κ1) is 30.8. The number of aromatic nitrogens is 1. The molecule has 1 aromatic carbocycles. The number of pyridine rings is 1. The van der Waals surface area contributed by atoms with Gasteiger partial charge in [0, 0.05) is 52.0 Å². The van der Waals surface area contributed by atoms with Crippen molar-refractivity contribution in [3.8, 4) is 6.07 Å². The summed E-state index contributed by atoms with van der Waals surface area (Å²) in [6, 6.07) is 5.80. The largest absolute Gasteiger partial charge is 0.417 e. The number of fused-ring (bicyclic) bond motifs is 1. The van der Waals surface area contributed by atoms with Gasteiger partial charge in [0.25, 0.3) is 0 Å². The fourth-order valence-corrected chi connectivity index (χ4v) is 5.40. The number of para-hydroxylation sites is 1. The Morgan fingerprint density at radius 2 is 1.93 bits per heavy atom. The SMILES string of the molecule is C=CC(=O)N1CCN(CCCN2CCC(Nc3nc(C)cc(C(F)(F)F)c3C#N)C(=O)N(C)c3cccc(F)c32)CC1. The van der Waals surface area contributed by atoms with Gasteiger partial charge in [0.15, 0.2) is 0 Å². The molecule has 0 aliphatic carbocycles. The van der Waals surface area contributed by atoms with Crippen molar-refractivity contribution in [2.24, 2.45) is 0 Å². The Hall–Kier alpha value is -4.18. The maximum Gasteiger partial charge on any atom is 0.417 e. The molecule has 4 rings (SSSR count). The number of likely N-dealkylation sites (N-methyl/N-ethyl adjacent to an activating group) is 1. The molecule has 1 atom stereocenters. The average Bonchev–Trinajstić information content (AvgIpc) is 2.96. The summed E-state index contributed by atoms with van der Waals surface area (Å²) in [5, 5.41) is 12.4. The molecular weight excluding hydrogens is 554 g/mol. The summed E-state index contributed by atoms with van der Waals surface area (Å²) in [7, 11) is 1.48. The van der Waals surface area contributed by atoms with E-state index >= 15 is 4.39 Å². The van der Waals surface area contributed by atoms with E-state index in [0.717, 1.165) is 6.07 Å². The lowest BCUT2D eigenvalue weighted by molar-refractivity contribution is -0.137. The predicted octanol–water partition coefficient (Wildman–Crippen LogP) is 3.79. The van der Waals surface area contributed by atoms with E-state index in [2.05, 4.69) is 21.8 Å². The van der Waals surface area contributed by atoms with Gasteiger partial charge in [-0.05, 0) is 50.6 Å². The molecule has 2 aliphatic rings. The maximum absolute atomic E-state index is 15.2. The molecule has 224 valence electrons. The van der Waals surface area contributed by atoms with Gasteiger partial charge in [0.2, 0.25) is 11.8 Å². The maximum atomic E-state index is 15.2. The van der Waals surface area contributed by atoms with Gasteiger partial charge in [0.05, 0.1) is 16.9 Å². The highest BCUT2D eigenvalue weighted by Crippen LogP contribution is 2.37. The molecule has 2 aliphatic heterocycles. The van der Waals surface area contributed by atoms with E-state index in [-0.39, 0.29) is 36.1 Å². The zero-order valence-electron chi connectivity index (χ0n) is 23.5. The van der Waals surface area contributed by atoms with E-state index in [1.54, 1.807) is 17.0 Å². The standard InChI is InChI=1S/C29H33F4N7O2/c1-4-25(41)39-15-13-38(14-16-39)10-6-11-40-12-9-23(28(42)37(3)24-8-5-7-22(30)26(24)40)36-27-20(18-34)21(29(31,32)33)17-19(2)35-27/h4-5,7-8,17,23H,1,6,9-16H2,2-3H3,(H,35,36). The van der Waals surface area contributed by atoms with Crippen molar-refractivity contribution >= 4 is 29.0 Å². The molecule has 0 spiro atoms. The molecule has 1 aromatic heterocycles. The molecule has 1 saturated heterocycles. The van der Waals surface area contributed by atoms with Gasteiger partial charge in [-0.2, -0.15) is 18.4 Å². The molecule has 3 heterocycles. The van der Waals surface area contributed by atoms with Crippen LogP contribution in [0, 0.1) is 24.1 Å². The number of carbonyl (C=O) groups is 2. The number of anilines is 3. The van der Waals surface area contributed by atoms with Crippen LogP contribution in [-0.2, 0) is 15.8 Å². The van der Waals surface area contributed by atoms with E-state index in [9.17, 15) is 28.0 Å². The fourth-order valence-electron chi connectivity index (χ4n) is 5.40. The Morgan fingerprint density at radius 3 is 2.57 bits per heavy atom. The Labute approximate surface area is 242 Å². The Morgan fingerprint density at radius 1 is 1.21 bits per heavy atom. The quantitative estimate of drug-likeness (QED) is 0.389. The third-order valence-corrected chi connectivity index (χ3v) is 7.60. The number of amides is 2. The molecule has 42 heavy (non-hydrogen) atoms. The number of nitrogens with zero attached hydrogens (tertiary/aromatic N) is 6. The van der Waals surface area contributed by atoms with Crippen LogP contribution in [-0.4, -0.2) is 85.5 Å². The Kier molecular flexibility index (Phi) is 9.36. The van der Waals surface area contributed by atoms with E-state index in [1.807, 2.05) is 4.90 Å². The minimum atomic E-state index is -4.78. The van der Waals surface area contributed by atoms with Crippen LogP contribution in [0.2, 0.25) is 0 Å². The number of benzene rings is 1. The van der Waals surface area contributed by atoms with Crippen LogP contribution in [0.15, 0.2) is 36.9 Å². The summed E-state index contributed by atoms with van der Waals surface area (Å²) < 4.78 is 56.2. The number of piperazine rings is 1. The summed E-state index contributed by atoms with van der Waals surface area (Å²) in [5.41, 5.74) is -1.17. The first-order valence-corrected chi connectivity index (χ1v) is 13.6. The van der Waals surface area contributed by atoms with Gasteiger partial charge >= 0.3 is 6.18 Å². The van der Waals surface area contributed by atoms with Gasteiger partial charge < -0.3 is 20.0 Å². The van der Waals surface area contributed by atoms with Gasteiger partial charge in [0.1, 0.15) is 29.3 Å². The van der Waals surface area contributed by atoms with Crippen LogP contribution in [0.25, 0.3) is 0 Å². The molecule has 2 amide bonds. The van der Waals surface area contributed by atoms with Crippen molar-refractivity contribution in [2.75, 3.05) is 68.0 Å². The number of hydrogen-bond donors (Lipinski definition) is 1. The first-order valence-electron chi connectivity index (χ1n) is 13.6. The van der Waals surface area contributed by atoms with Crippen LogP contribution < -0.4 is 15.1 Å². The Balaban J connectivity index is 1.54. The van der Waals surface area contributed by atoms with Gasteiger partial charge in [-0.15, -0.1) is 0 Å². The molecule has 2 aromatic rings. The number of hydrogen-bond acceptors (Lipinski definition) is 7. The highest BCUT2D eigenvalue weighted by atomic mass is 19.4.